The molecule has 0 radical (unpaired) electrons. The zero-order valence-electron chi connectivity index (χ0n) is 15.5. The minimum Gasteiger partial charge on any atom is -0.497 e. The van der Waals surface area contributed by atoms with E-state index in [1.165, 1.54) is 33.3 Å². The summed E-state index contributed by atoms with van der Waals surface area (Å²) in [6.07, 6.45) is -0.969. The number of ether oxygens (including phenoxy) is 4. The van der Waals surface area contributed by atoms with Crippen LogP contribution in [0, 0.1) is 0 Å². The Morgan fingerprint density at radius 2 is 1.68 bits per heavy atom. The summed E-state index contributed by atoms with van der Waals surface area (Å²) < 4.78 is 20.7. The lowest BCUT2D eigenvalue weighted by Crippen LogP contribution is -2.29. The van der Waals surface area contributed by atoms with Crippen LogP contribution in [-0.4, -0.2) is 38.8 Å². The van der Waals surface area contributed by atoms with Gasteiger partial charge in [-0.25, -0.2) is 4.79 Å². The molecule has 0 fully saturated rings. The van der Waals surface area contributed by atoms with Gasteiger partial charge in [0, 0.05) is 28.9 Å². The number of anilines is 1. The van der Waals surface area contributed by atoms with Crippen molar-refractivity contribution in [2.75, 3.05) is 26.1 Å². The lowest BCUT2D eigenvalue weighted by molar-refractivity contribution is -0.153. The Morgan fingerprint density at radius 3 is 2.25 bits per heavy atom. The molecule has 2 aromatic rings. The SMILES string of the molecule is COc1cc(NC(=O)COC(=O)C(C)Oc2ccc(Cl)cc2Cl)cc(OC)c1. The first-order chi connectivity index (χ1) is 13.3. The summed E-state index contributed by atoms with van der Waals surface area (Å²) in [6, 6.07) is 9.49. The highest BCUT2D eigenvalue weighted by molar-refractivity contribution is 6.35. The number of carbonyl (C=O) groups excluding carboxylic acids is 2. The predicted octanol–water partition coefficient (Wildman–Crippen LogP) is 3.96. The smallest absolute Gasteiger partial charge is 0.347 e. The highest BCUT2D eigenvalue weighted by Crippen LogP contribution is 2.28. The van der Waals surface area contributed by atoms with Gasteiger partial charge in [0.15, 0.2) is 12.7 Å². The third-order valence-corrected chi connectivity index (χ3v) is 4.04. The second-order valence-corrected chi connectivity index (χ2v) is 6.44. The molecular formula is C19H19Cl2NO6. The number of esters is 1. The van der Waals surface area contributed by atoms with E-state index in [0.717, 1.165) is 0 Å². The van der Waals surface area contributed by atoms with E-state index in [4.69, 9.17) is 42.1 Å². The van der Waals surface area contributed by atoms with Gasteiger partial charge in [0.25, 0.3) is 5.91 Å². The molecule has 0 aliphatic carbocycles. The second-order valence-electron chi connectivity index (χ2n) is 5.59. The highest BCUT2D eigenvalue weighted by Gasteiger charge is 2.19. The van der Waals surface area contributed by atoms with Crippen molar-refractivity contribution >= 4 is 40.8 Å². The first kappa shape index (κ1) is 21.7. The molecule has 2 rings (SSSR count). The molecule has 150 valence electrons. The normalized spacial score (nSPS) is 11.3. The lowest BCUT2D eigenvalue weighted by atomic mass is 10.2. The van der Waals surface area contributed by atoms with Crippen molar-refractivity contribution in [1.82, 2.24) is 0 Å². The van der Waals surface area contributed by atoms with E-state index in [-0.39, 0.29) is 10.8 Å². The molecule has 1 N–H and O–H groups in total. The molecule has 28 heavy (non-hydrogen) atoms. The molecule has 7 nitrogen and oxygen atoms in total. The van der Waals surface area contributed by atoms with Crippen molar-refractivity contribution in [3.8, 4) is 17.2 Å². The van der Waals surface area contributed by atoms with E-state index in [0.29, 0.717) is 22.2 Å². The molecule has 0 saturated carbocycles. The van der Waals surface area contributed by atoms with Crippen LogP contribution in [0.2, 0.25) is 10.0 Å². The quantitative estimate of drug-likeness (QED) is 0.641. The number of nitrogens with one attached hydrogen (secondary N) is 1. The number of halogens is 2. The first-order valence-corrected chi connectivity index (χ1v) is 8.89. The molecule has 1 atom stereocenters. The predicted molar refractivity (Wildman–Crippen MR) is 106 cm³/mol. The number of benzene rings is 2. The number of rotatable bonds is 8. The van der Waals surface area contributed by atoms with Crippen molar-refractivity contribution in [3.63, 3.8) is 0 Å². The molecule has 0 spiro atoms. The van der Waals surface area contributed by atoms with E-state index in [2.05, 4.69) is 5.32 Å². The van der Waals surface area contributed by atoms with Crippen LogP contribution < -0.4 is 19.5 Å². The Bertz CT molecular complexity index is 836. The second kappa shape index (κ2) is 10.1. The van der Waals surface area contributed by atoms with Gasteiger partial charge in [-0.1, -0.05) is 23.2 Å². The summed E-state index contributed by atoms with van der Waals surface area (Å²) in [5.74, 6) is 0.0511. The van der Waals surface area contributed by atoms with Crippen LogP contribution in [0.5, 0.6) is 17.2 Å². The zero-order chi connectivity index (χ0) is 20.7. The average Bonchev–Trinajstić information content (AvgIpc) is 2.67. The summed E-state index contributed by atoms with van der Waals surface area (Å²) in [5.41, 5.74) is 0.439. The van der Waals surface area contributed by atoms with Crippen LogP contribution in [0.25, 0.3) is 0 Å². The molecular weight excluding hydrogens is 409 g/mol. The van der Waals surface area contributed by atoms with Gasteiger partial charge >= 0.3 is 5.97 Å². The Labute approximate surface area is 172 Å². The van der Waals surface area contributed by atoms with Crippen molar-refractivity contribution in [1.29, 1.82) is 0 Å². The van der Waals surface area contributed by atoms with Crippen LogP contribution >= 0.6 is 23.2 Å². The van der Waals surface area contributed by atoms with Crippen molar-refractivity contribution in [2.45, 2.75) is 13.0 Å². The maximum Gasteiger partial charge on any atom is 0.347 e. The Hall–Kier alpha value is -2.64. The summed E-state index contributed by atoms with van der Waals surface area (Å²) in [4.78, 5) is 24.1. The highest BCUT2D eigenvalue weighted by atomic mass is 35.5. The minimum absolute atomic E-state index is 0.261. The summed E-state index contributed by atoms with van der Waals surface area (Å²) in [7, 11) is 2.99. The first-order valence-electron chi connectivity index (χ1n) is 8.13. The van der Waals surface area contributed by atoms with E-state index < -0.39 is 24.6 Å². The van der Waals surface area contributed by atoms with Gasteiger partial charge in [-0.3, -0.25) is 4.79 Å². The van der Waals surface area contributed by atoms with Gasteiger partial charge in [0.2, 0.25) is 0 Å². The third-order valence-electron chi connectivity index (χ3n) is 3.51. The van der Waals surface area contributed by atoms with Crippen LogP contribution in [0.3, 0.4) is 0 Å². The Balaban J connectivity index is 1.88. The van der Waals surface area contributed by atoms with Gasteiger partial charge < -0.3 is 24.3 Å². The largest absolute Gasteiger partial charge is 0.497 e. The molecule has 2 aromatic carbocycles. The molecule has 0 aliphatic rings. The minimum atomic E-state index is -0.969. The Kier molecular flexibility index (Phi) is 7.78. The molecule has 1 amide bonds. The van der Waals surface area contributed by atoms with E-state index in [9.17, 15) is 9.59 Å². The summed E-state index contributed by atoms with van der Waals surface area (Å²) in [6.45, 7) is 0.999. The van der Waals surface area contributed by atoms with Crippen molar-refractivity contribution in [3.05, 3.63) is 46.4 Å². The number of amides is 1. The molecule has 1 unspecified atom stereocenters. The van der Waals surface area contributed by atoms with E-state index in [1.54, 1.807) is 24.3 Å². The molecule has 9 heteroatoms. The Morgan fingerprint density at radius 1 is 1.04 bits per heavy atom. The number of methoxy groups -OCH3 is 2. The third kappa shape index (κ3) is 6.21. The number of carbonyl (C=O) groups is 2. The van der Waals surface area contributed by atoms with Crippen molar-refractivity contribution < 1.29 is 28.5 Å². The molecule has 0 aliphatic heterocycles. The van der Waals surface area contributed by atoms with Crippen LogP contribution in [0.1, 0.15) is 6.92 Å². The fourth-order valence-corrected chi connectivity index (χ4v) is 2.59. The topological polar surface area (TPSA) is 83.1 Å². The number of hydrogen-bond acceptors (Lipinski definition) is 6. The fourth-order valence-electron chi connectivity index (χ4n) is 2.14. The monoisotopic (exact) mass is 427 g/mol. The molecule has 0 aromatic heterocycles. The van der Waals surface area contributed by atoms with Crippen LogP contribution in [-0.2, 0) is 14.3 Å². The maximum absolute atomic E-state index is 12.0. The van der Waals surface area contributed by atoms with E-state index in [1.807, 2.05) is 0 Å². The van der Waals surface area contributed by atoms with Gasteiger partial charge in [0.1, 0.15) is 17.2 Å². The van der Waals surface area contributed by atoms with Gasteiger partial charge in [-0.15, -0.1) is 0 Å². The van der Waals surface area contributed by atoms with Gasteiger partial charge in [0.05, 0.1) is 19.2 Å². The van der Waals surface area contributed by atoms with Crippen LogP contribution in [0.15, 0.2) is 36.4 Å². The van der Waals surface area contributed by atoms with E-state index >= 15 is 0 Å². The molecule has 0 heterocycles. The standard InChI is InChI=1S/C19H19Cl2NO6/c1-11(28-17-5-4-12(20)6-16(17)21)19(24)27-10-18(23)22-13-7-14(25-2)9-15(8-13)26-3/h4-9,11H,10H2,1-3H3,(H,22,23). The maximum atomic E-state index is 12.0. The average molecular weight is 428 g/mol. The van der Waals surface area contributed by atoms with Gasteiger partial charge in [-0.05, 0) is 25.1 Å². The number of hydrogen-bond donors (Lipinski definition) is 1. The summed E-state index contributed by atoms with van der Waals surface area (Å²) >= 11 is 11.8. The summed E-state index contributed by atoms with van der Waals surface area (Å²) in [5, 5.41) is 3.30. The molecule has 0 saturated heterocycles. The lowest BCUT2D eigenvalue weighted by Gasteiger charge is -2.15. The molecule has 0 bridgehead atoms. The van der Waals surface area contributed by atoms with Crippen molar-refractivity contribution in [2.24, 2.45) is 0 Å². The van der Waals surface area contributed by atoms with Crippen LogP contribution in [0.4, 0.5) is 5.69 Å². The fraction of sp³-hybridized carbons (Fsp3) is 0.263. The van der Waals surface area contributed by atoms with Gasteiger partial charge in [-0.2, -0.15) is 0 Å². The zero-order valence-corrected chi connectivity index (χ0v) is 17.0.